The molecule has 1 nitrogen and oxygen atoms in total. The first kappa shape index (κ1) is 16.1. The zero-order valence-electron chi connectivity index (χ0n) is 11.1. The smallest absolute Gasteiger partial charge is 0.137 e. The molecule has 0 aliphatic rings. The van der Waals surface area contributed by atoms with E-state index < -0.39 is 0 Å². The molecule has 0 aliphatic heterocycles. The van der Waals surface area contributed by atoms with Gasteiger partial charge in [-0.1, -0.05) is 19.1 Å². The van der Waals surface area contributed by atoms with Gasteiger partial charge in [0, 0.05) is 20.8 Å². The van der Waals surface area contributed by atoms with Gasteiger partial charge in [0.05, 0.1) is 4.47 Å². The molecule has 0 aliphatic carbocycles. The number of halogens is 3. The van der Waals surface area contributed by atoms with Crippen LogP contribution in [-0.2, 0) is 6.42 Å². The van der Waals surface area contributed by atoms with Crippen molar-refractivity contribution in [2.24, 2.45) is 0 Å². The second-order valence-electron chi connectivity index (χ2n) is 4.59. The van der Waals surface area contributed by atoms with Crippen molar-refractivity contribution in [3.8, 4) is 0 Å². The highest BCUT2D eigenvalue weighted by Crippen LogP contribution is 2.30. The maximum absolute atomic E-state index is 13.6. The molecule has 0 amide bonds. The normalized spacial score (nSPS) is 12.6. The Morgan fingerprint density at radius 1 is 1.35 bits per heavy atom. The maximum Gasteiger partial charge on any atom is 0.137 e. The zero-order chi connectivity index (χ0) is 14.5. The van der Waals surface area contributed by atoms with Crippen LogP contribution in [0.4, 0.5) is 4.39 Å². The lowest BCUT2D eigenvalue weighted by molar-refractivity contribution is 0.532. The summed E-state index contributed by atoms with van der Waals surface area (Å²) in [5.74, 6) is -0.205. The molecule has 2 rings (SSSR count). The van der Waals surface area contributed by atoms with Crippen LogP contribution in [0.1, 0.15) is 29.8 Å². The standard InChI is InChI=1S/C15H16Br2FNS/c1-2-6-19-13(14-8-11(16)9-20-14)7-10-4-3-5-12(18)15(10)17/h3-5,8-9,13,19H,2,6-7H2,1H3. The van der Waals surface area contributed by atoms with Gasteiger partial charge in [-0.15, -0.1) is 11.3 Å². The van der Waals surface area contributed by atoms with E-state index in [9.17, 15) is 4.39 Å². The predicted octanol–water partition coefficient (Wildman–Crippen LogP) is 5.70. The Morgan fingerprint density at radius 2 is 2.15 bits per heavy atom. The van der Waals surface area contributed by atoms with Crippen LogP contribution in [0.15, 0.2) is 38.6 Å². The topological polar surface area (TPSA) is 12.0 Å². The first-order valence-electron chi connectivity index (χ1n) is 6.52. The van der Waals surface area contributed by atoms with Crippen LogP contribution in [0, 0.1) is 5.82 Å². The van der Waals surface area contributed by atoms with Gasteiger partial charge in [0.15, 0.2) is 0 Å². The molecule has 0 radical (unpaired) electrons. The molecule has 1 aromatic carbocycles. The van der Waals surface area contributed by atoms with E-state index in [4.69, 9.17) is 0 Å². The van der Waals surface area contributed by atoms with Gasteiger partial charge >= 0.3 is 0 Å². The quantitative estimate of drug-likeness (QED) is 0.632. The van der Waals surface area contributed by atoms with E-state index in [1.807, 2.05) is 6.07 Å². The van der Waals surface area contributed by atoms with Crippen molar-refractivity contribution < 1.29 is 4.39 Å². The largest absolute Gasteiger partial charge is 0.309 e. The van der Waals surface area contributed by atoms with Crippen LogP contribution in [0.3, 0.4) is 0 Å². The molecule has 0 spiro atoms. The van der Waals surface area contributed by atoms with Crippen molar-refractivity contribution in [3.05, 3.63) is 54.8 Å². The number of thiophene rings is 1. The van der Waals surface area contributed by atoms with Crippen LogP contribution < -0.4 is 5.32 Å². The Morgan fingerprint density at radius 3 is 2.80 bits per heavy atom. The molecule has 1 atom stereocenters. The van der Waals surface area contributed by atoms with E-state index in [1.165, 1.54) is 10.9 Å². The fourth-order valence-electron chi connectivity index (χ4n) is 2.03. The molecule has 0 fully saturated rings. The van der Waals surface area contributed by atoms with Crippen molar-refractivity contribution >= 4 is 43.2 Å². The van der Waals surface area contributed by atoms with Gasteiger partial charge in [0.25, 0.3) is 0 Å². The van der Waals surface area contributed by atoms with E-state index >= 15 is 0 Å². The van der Waals surface area contributed by atoms with Gasteiger partial charge in [0.2, 0.25) is 0 Å². The summed E-state index contributed by atoms with van der Waals surface area (Å²) >= 11 is 8.56. The number of benzene rings is 1. The first-order valence-corrected chi connectivity index (χ1v) is 8.98. The minimum atomic E-state index is -0.205. The van der Waals surface area contributed by atoms with Gasteiger partial charge in [-0.05, 0) is 68.9 Å². The lowest BCUT2D eigenvalue weighted by Crippen LogP contribution is -2.23. The minimum absolute atomic E-state index is 0.205. The van der Waals surface area contributed by atoms with Crippen LogP contribution in [0.2, 0.25) is 0 Å². The summed E-state index contributed by atoms with van der Waals surface area (Å²) in [4.78, 5) is 1.27. The van der Waals surface area contributed by atoms with Gasteiger partial charge < -0.3 is 5.32 Å². The zero-order valence-corrected chi connectivity index (χ0v) is 15.1. The third kappa shape index (κ3) is 4.13. The average molecular weight is 421 g/mol. The fraction of sp³-hybridized carbons (Fsp3) is 0.333. The van der Waals surface area contributed by atoms with E-state index in [2.05, 4.69) is 55.5 Å². The van der Waals surface area contributed by atoms with Crippen LogP contribution >= 0.6 is 43.2 Å². The molecule has 5 heteroatoms. The molecular formula is C15H16Br2FNS. The second kappa shape index (κ2) is 7.69. The van der Waals surface area contributed by atoms with Gasteiger partial charge in [-0.3, -0.25) is 0 Å². The summed E-state index contributed by atoms with van der Waals surface area (Å²) in [5.41, 5.74) is 0.989. The molecule has 0 saturated heterocycles. The number of rotatable bonds is 6. The molecule has 0 bridgehead atoms. The molecule has 1 heterocycles. The van der Waals surface area contributed by atoms with Crippen LogP contribution in [-0.4, -0.2) is 6.54 Å². The molecule has 0 saturated carbocycles. The summed E-state index contributed by atoms with van der Waals surface area (Å²) in [6, 6.07) is 7.55. The lowest BCUT2D eigenvalue weighted by Gasteiger charge is -2.18. The van der Waals surface area contributed by atoms with Crippen LogP contribution in [0.25, 0.3) is 0 Å². The molecule has 1 unspecified atom stereocenters. The highest BCUT2D eigenvalue weighted by molar-refractivity contribution is 9.10. The molecule has 108 valence electrons. The average Bonchev–Trinajstić information content (AvgIpc) is 2.86. The van der Waals surface area contributed by atoms with E-state index in [1.54, 1.807) is 17.4 Å². The summed E-state index contributed by atoms with van der Waals surface area (Å²) in [7, 11) is 0. The molecule has 1 N–H and O–H groups in total. The third-order valence-electron chi connectivity index (χ3n) is 3.03. The van der Waals surface area contributed by atoms with Crippen molar-refractivity contribution in [2.75, 3.05) is 6.54 Å². The lowest BCUT2D eigenvalue weighted by atomic mass is 10.0. The Bertz CT molecular complexity index is 571. The summed E-state index contributed by atoms with van der Waals surface area (Å²) in [6.45, 7) is 3.10. The van der Waals surface area contributed by atoms with Crippen molar-refractivity contribution in [3.63, 3.8) is 0 Å². The molecule has 2 aromatic rings. The van der Waals surface area contributed by atoms with Crippen LogP contribution in [0.5, 0.6) is 0 Å². The fourth-order valence-corrected chi connectivity index (χ4v) is 3.98. The van der Waals surface area contributed by atoms with E-state index in [-0.39, 0.29) is 11.9 Å². The number of hydrogen-bond acceptors (Lipinski definition) is 2. The van der Waals surface area contributed by atoms with Crippen molar-refractivity contribution in [2.45, 2.75) is 25.8 Å². The minimum Gasteiger partial charge on any atom is -0.309 e. The predicted molar refractivity (Wildman–Crippen MR) is 90.9 cm³/mol. The Balaban J connectivity index is 2.21. The summed E-state index contributed by atoms with van der Waals surface area (Å²) < 4.78 is 15.3. The third-order valence-corrected chi connectivity index (χ3v) is 5.72. The SMILES string of the molecule is CCCNC(Cc1cccc(F)c1Br)c1cc(Br)cs1. The van der Waals surface area contributed by atoms with E-state index in [0.717, 1.165) is 29.4 Å². The number of nitrogens with one attached hydrogen (secondary N) is 1. The first-order chi connectivity index (χ1) is 9.61. The molecular weight excluding hydrogens is 405 g/mol. The van der Waals surface area contributed by atoms with Gasteiger partial charge in [-0.25, -0.2) is 4.39 Å². The highest BCUT2D eigenvalue weighted by atomic mass is 79.9. The molecule has 1 aromatic heterocycles. The molecule has 20 heavy (non-hydrogen) atoms. The van der Waals surface area contributed by atoms with Gasteiger partial charge in [-0.2, -0.15) is 0 Å². The summed E-state index contributed by atoms with van der Waals surface area (Å²) in [6.07, 6.45) is 1.85. The Kier molecular flexibility index (Phi) is 6.20. The maximum atomic E-state index is 13.6. The van der Waals surface area contributed by atoms with Gasteiger partial charge in [0.1, 0.15) is 5.82 Å². The van der Waals surface area contributed by atoms with Crippen molar-refractivity contribution in [1.29, 1.82) is 0 Å². The second-order valence-corrected chi connectivity index (χ2v) is 7.24. The monoisotopic (exact) mass is 419 g/mol. The van der Waals surface area contributed by atoms with E-state index in [0.29, 0.717) is 4.47 Å². The highest BCUT2D eigenvalue weighted by Gasteiger charge is 2.16. The van der Waals surface area contributed by atoms with Crippen molar-refractivity contribution in [1.82, 2.24) is 5.32 Å². The summed E-state index contributed by atoms with van der Waals surface area (Å²) in [5, 5.41) is 5.62. The number of hydrogen-bond donors (Lipinski definition) is 1. The Labute approximate surface area is 139 Å². The Hall–Kier alpha value is -0.230.